The molecule has 158 valence electrons. The van der Waals surface area contributed by atoms with Gasteiger partial charge in [0.05, 0.1) is 0 Å². The fraction of sp³-hybridized carbons (Fsp3) is 0.609. The number of benzene rings is 1. The molecule has 0 aliphatic heterocycles. The van der Waals surface area contributed by atoms with Crippen LogP contribution >= 0.6 is 31.9 Å². The van der Waals surface area contributed by atoms with Crippen molar-refractivity contribution < 1.29 is 4.79 Å². The molecular formula is C23H37Br2NOSn. The number of anilines is 1. The van der Waals surface area contributed by atoms with Crippen LogP contribution in [0, 0.1) is 0 Å². The van der Waals surface area contributed by atoms with Crippen LogP contribution in [-0.4, -0.2) is 30.8 Å². The zero-order valence-electron chi connectivity index (χ0n) is 18.1. The molecule has 1 aromatic carbocycles. The van der Waals surface area contributed by atoms with Crippen LogP contribution in [0.1, 0.15) is 66.2 Å². The third kappa shape index (κ3) is 7.79. The number of nitrogens with zero attached hydrogens (tertiary/aromatic N) is 1. The van der Waals surface area contributed by atoms with Gasteiger partial charge in [-0.15, -0.1) is 0 Å². The summed E-state index contributed by atoms with van der Waals surface area (Å²) in [6.45, 7) is 13.9. The number of hydrogen-bond acceptors (Lipinski definition) is 1. The summed E-state index contributed by atoms with van der Waals surface area (Å²) < 4.78 is 7.54. The van der Waals surface area contributed by atoms with E-state index in [-0.39, 0.29) is 5.91 Å². The molecule has 2 nitrogen and oxygen atoms in total. The van der Waals surface area contributed by atoms with Gasteiger partial charge in [-0.3, -0.25) is 0 Å². The normalized spacial score (nSPS) is 11.5. The van der Waals surface area contributed by atoms with Crippen LogP contribution in [0.5, 0.6) is 0 Å². The Labute approximate surface area is 193 Å². The van der Waals surface area contributed by atoms with E-state index in [1.54, 1.807) is 6.92 Å². The average Bonchev–Trinajstić information content (AvgIpc) is 2.66. The fourth-order valence-corrected chi connectivity index (χ4v) is 20.5. The Balaban J connectivity index is 3.20. The number of carbonyl (C=O) groups excluding carboxylic acids is 1. The molecule has 0 saturated carbocycles. The second kappa shape index (κ2) is 13.5. The summed E-state index contributed by atoms with van der Waals surface area (Å²) in [7, 11) is 0. The van der Waals surface area contributed by atoms with Gasteiger partial charge in [0, 0.05) is 0 Å². The maximum absolute atomic E-state index is 12.6. The molecule has 0 heterocycles. The SMILES string of the molecule is C=[C](CN(C(C)=O)c1ccc(Br)cc1Br)[Sn]([CH2]CCC)([CH2]CCC)[CH2]CCC. The first-order valence-electron chi connectivity index (χ1n) is 10.7. The quantitative estimate of drug-likeness (QED) is 0.202. The molecule has 0 unspecified atom stereocenters. The van der Waals surface area contributed by atoms with Crippen LogP contribution in [0.2, 0.25) is 13.3 Å². The molecule has 1 amide bonds. The third-order valence-electron chi connectivity index (χ3n) is 5.71. The van der Waals surface area contributed by atoms with Crippen LogP contribution < -0.4 is 4.90 Å². The molecule has 0 bridgehead atoms. The third-order valence-corrected chi connectivity index (χ3v) is 22.8. The van der Waals surface area contributed by atoms with Gasteiger partial charge in [0.2, 0.25) is 0 Å². The maximum atomic E-state index is 12.6. The zero-order valence-corrected chi connectivity index (χ0v) is 24.1. The Morgan fingerprint density at radius 3 is 1.89 bits per heavy atom. The zero-order chi connectivity index (χ0) is 21.2. The van der Waals surface area contributed by atoms with Crippen molar-refractivity contribution in [1.82, 2.24) is 0 Å². The molecule has 0 spiro atoms. The molecule has 0 aromatic heterocycles. The predicted molar refractivity (Wildman–Crippen MR) is 134 cm³/mol. The Kier molecular flexibility index (Phi) is 12.6. The number of carbonyl (C=O) groups is 1. The van der Waals surface area contributed by atoms with Crippen molar-refractivity contribution in [1.29, 1.82) is 0 Å². The van der Waals surface area contributed by atoms with Gasteiger partial charge in [-0.05, 0) is 0 Å². The molecule has 0 radical (unpaired) electrons. The van der Waals surface area contributed by atoms with Crippen molar-refractivity contribution in [3.63, 3.8) is 0 Å². The molecule has 0 aliphatic carbocycles. The molecule has 1 aromatic rings. The van der Waals surface area contributed by atoms with Crippen molar-refractivity contribution in [2.75, 3.05) is 11.4 Å². The van der Waals surface area contributed by atoms with Crippen molar-refractivity contribution in [3.8, 4) is 0 Å². The number of hydrogen-bond donors (Lipinski definition) is 0. The van der Waals surface area contributed by atoms with Gasteiger partial charge in [-0.1, -0.05) is 0 Å². The molecule has 0 aliphatic rings. The van der Waals surface area contributed by atoms with E-state index in [1.165, 1.54) is 55.4 Å². The Morgan fingerprint density at radius 2 is 1.50 bits per heavy atom. The van der Waals surface area contributed by atoms with Crippen LogP contribution in [0.25, 0.3) is 0 Å². The van der Waals surface area contributed by atoms with Crippen molar-refractivity contribution >= 4 is 61.8 Å². The van der Waals surface area contributed by atoms with Crippen molar-refractivity contribution in [2.45, 2.75) is 79.5 Å². The number of amides is 1. The molecule has 5 heteroatoms. The topological polar surface area (TPSA) is 20.3 Å². The van der Waals surface area contributed by atoms with Gasteiger partial charge >= 0.3 is 195 Å². The minimum atomic E-state index is -2.56. The molecule has 28 heavy (non-hydrogen) atoms. The van der Waals surface area contributed by atoms with E-state index in [0.29, 0.717) is 6.54 Å². The van der Waals surface area contributed by atoms with Gasteiger partial charge < -0.3 is 0 Å². The van der Waals surface area contributed by atoms with Gasteiger partial charge in [-0.25, -0.2) is 0 Å². The van der Waals surface area contributed by atoms with E-state index in [0.717, 1.165) is 14.6 Å². The van der Waals surface area contributed by atoms with Crippen LogP contribution in [0.4, 0.5) is 5.69 Å². The van der Waals surface area contributed by atoms with E-state index < -0.39 is 18.4 Å². The Morgan fingerprint density at radius 1 is 1.00 bits per heavy atom. The van der Waals surface area contributed by atoms with Gasteiger partial charge in [0.15, 0.2) is 0 Å². The summed E-state index contributed by atoms with van der Waals surface area (Å²) in [5.74, 6) is 0.0887. The summed E-state index contributed by atoms with van der Waals surface area (Å²) in [5.41, 5.74) is 0.943. The second-order valence-electron chi connectivity index (χ2n) is 7.90. The van der Waals surface area contributed by atoms with E-state index in [4.69, 9.17) is 0 Å². The first-order valence-corrected chi connectivity index (χ1v) is 19.8. The second-order valence-corrected chi connectivity index (χ2v) is 23.3. The molecule has 0 N–H and O–H groups in total. The first kappa shape index (κ1) is 26.2. The summed E-state index contributed by atoms with van der Waals surface area (Å²) in [4.78, 5) is 14.5. The Hall–Kier alpha value is 0.189. The van der Waals surface area contributed by atoms with Crippen molar-refractivity contribution in [2.24, 2.45) is 0 Å². The Bertz CT molecular complexity index is 626. The molecule has 0 fully saturated rings. The molecular weight excluding hydrogens is 585 g/mol. The van der Waals surface area contributed by atoms with Gasteiger partial charge in [0.25, 0.3) is 0 Å². The van der Waals surface area contributed by atoms with E-state index in [1.807, 2.05) is 23.1 Å². The summed E-state index contributed by atoms with van der Waals surface area (Å²) >= 11 is 4.60. The summed E-state index contributed by atoms with van der Waals surface area (Å²) in [6, 6.07) is 6.03. The summed E-state index contributed by atoms with van der Waals surface area (Å²) in [6.07, 6.45) is 7.68. The first-order chi connectivity index (χ1) is 13.3. The van der Waals surface area contributed by atoms with Crippen LogP contribution in [0.15, 0.2) is 37.3 Å². The van der Waals surface area contributed by atoms with E-state index >= 15 is 0 Å². The average molecular weight is 622 g/mol. The number of halogens is 2. The fourth-order valence-electron chi connectivity index (χ4n) is 3.88. The predicted octanol–water partition coefficient (Wildman–Crippen LogP) is 8.51. The number of unbranched alkanes of at least 4 members (excludes halogenated alkanes) is 3. The van der Waals surface area contributed by atoms with Crippen LogP contribution in [0.3, 0.4) is 0 Å². The van der Waals surface area contributed by atoms with Gasteiger partial charge in [0.1, 0.15) is 0 Å². The number of rotatable bonds is 13. The van der Waals surface area contributed by atoms with Crippen LogP contribution in [-0.2, 0) is 4.79 Å². The monoisotopic (exact) mass is 621 g/mol. The van der Waals surface area contributed by atoms with Gasteiger partial charge in [-0.2, -0.15) is 0 Å². The summed E-state index contributed by atoms with van der Waals surface area (Å²) in [5, 5.41) is 0. The molecule has 1 rings (SSSR count). The standard InChI is InChI=1S/C11H10Br2NO.3C4H9.Sn/c1-3-6-14(8(2)15)11-5-4-9(12)7-10(11)13;3*1-3-4-2;/h4-5,7H,1,6H2,2H3;3*1,3-4H2,2H3;. The molecule has 0 atom stereocenters. The van der Waals surface area contributed by atoms with E-state index in [2.05, 4.69) is 59.2 Å². The van der Waals surface area contributed by atoms with Crippen molar-refractivity contribution in [3.05, 3.63) is 37.3 Å². The minimum absolute atomic E-state index is 0.0887. The molecule has 0 saturated heterocycles. The van der Waals surface area contributed by atoms with E-state index in [9.17, 15) is 4.79 Å².